The second-order valence-corrected chi connectivity index (χ2v) is 7.14. The molecule has 0 amide bonds. The Labute approximate surface area is 149 Å². The normalized spacial score (nSPS) is 11.1. The molecule has 1 heterocycles. The van der Waals surface area contributed by atoms with Crippen LogP contribution in [0.2, 0.25) is 5.28 Å². The van der Waals surface area contributed by atoms with Gasteiger partial charge in [0.2, 0.25) is 0 Å². The van der Waals surface area contributed by atoms with Crippen molar-refractivity contribution in [1.82, 2.24) is 4.57 Å². The Hall–Kier alpha value is -2.06. The van der Waals surface area contributed by atoms with Gasteiger partial charge in [0.05, 0.1) is 0 Å². The number of hydrogen-bond donors (Lipinski definition) is 0. The highest BCUT2D eigenvalue weighted by Crippen LogP contribution is 2.25. The van der Waals surface area contributed by atoms with Gasteiger partial charge in [-0.05, 0) is 63.8 Å². The van der Waals surface area contributed by atoms with Crippen molar-refractivity contribution in [3.05, 3.63) is 75.3 Å². The van der Waals surface area contributed by atoms with Gasteiger partial charge in [-0.1, -0.05) is 35.4 Å². The van der Waals surface area contributed by atoms with Crippen molar-refractivity contribution in [2.45, 2.75) is 41.5 Å². The minimum absolute atomic E-state index is 0.695. The molecule has 3 heteroatoms. The largest absolute Gasteiger partial charge is 0.365 e. The second kappa shape index (κ2) is 6.10. The molecule has 0 saturated heterocycles. The Balaban J connectivity index is 2.22. The van der Waals surface area contributed by atoms with Gasteiger partial charge in [0.1, 0.15) is 23.8 Å². The van der Waals surface area contributed by atoms with Crippen LogP contribution in [0.25, 0.3) is 11.4 Å². The van der Waals surface area contributed by atoms with Crippen molar-refractivity contribution in [2.75, 3.05) is 0 Å². The number of nitrogens with zero attached hydrogens (tertiary/aromatic N) is 2. The van der Waals surface area contributed by atoms with E-state index >= 15 is 0 Å². The molecule has 0 aliphatic rings. The molecule has 124 valence electrons. The van der Waals surface area contributed by atoms with Gasteiger partial charge in [-0.15, -0.1) is 0 Å². The molecule has 0 aliphatic carbocycles. The zero-order valence-corrected chi connectivity index (χ0v) is 16.0. The minimum atomic E-state index is 0.695. The van der Waals surface area contributed by atoms with Gasteiger partial charge in [-0.25, -0.2) is 0 Å². The molecule has 0 unspecified atom stereocenters. The summed E-state index contributed by atoms with van der Waals surface area (Å²) in [5, 5.41) is 0.695. The van der Waals surface area contributed by atoms with Crippen molar-refractivity contribution in [1.29, 1.82) is 0 Å². The van der Waals surface area contributed by atoms with Crippen molar-refractivity contribution in [3.8, 4) is 11.4 Å². The van der Waals surface area contributed by atoms with E-state index < -0.39 is 0 Å². The number of rotatable bonds is 2. The summed E-state index contributed by atoms with van der Waals surface area (Å²) in [4.78, 5) is 0. The predicted molar refractivity (Wildman–Crippen MR) is 101 cm³/mol. The summed E-state index contributed by atoms with van der Waals surface area (Å²) in [6, 6.07) is 8.80. The molecule has 0 atom stereocenters. The molecule has 24 heavy (non-hydrogen) atoms. The molecule has 0 aliphatic heterocycles. The summed E-state index contributed by atoms with van der Waals surface area (Å²) >= 11 is 6.79. The average molecular weight is 340 g/mol. The first-order chi connectivity index (χ1) is 11.3. The maximum Gasteiger partial charge on any atom is 0.365 e. The molecule has 2 aromatic carbocycles. The third-order valence-corrected chi connectivity index (χ3v) is 4.88. The maximum absolute atomic E-state index is 6.79. The van der Waals surface area contributed by atoms with Crippen LogP contribution >= 0.6 is 11.6 Å². The number of benzene rings is 2. The molecular weight excluding hydrogens is 316 g/mol. The first-order valence-electron chi connectivity index (χ1n) is 8.24. The van der Waals surface area contributed by atoms with Crippen LogP contribution in [0, 0.1) is 41.5 Å². The van der Waals surface area contributed by atoms with E-state index in [1.54, 1.807) is 0 Å². The van der Waals surface area contributed by atoms with Crippen LogP contribution in [0.15, 0.2) is 36.7 Å². The van der Waals surface area contributed by atoms with Crippen LogP contribution in [-0.2, 0) is 0 Å². The first kappa shape index (κ1) is 16.8. The lowest BCUT2D eigenvalue weighted by Gasteiger charge is -2.10. The Morgan fingerprint density at radius 3 is 1.71 bits per heavy atom. The van der Waals surface area contributed by atoms with Crippen LogP contribution in [0.3, 0.4) is 0 Å². The maximum atomic E-state index is 6.79. The summed E-state index contributed by atoms with van der Waals surface area (Å²) in [6.45, 7) is 12.8. The van der Waals surface area contributed by atoms with Crippen molar-refractivity contribution in [2.24, 2.45) is 0 Å². The molecule has 0 N–H and O–H groups in total. The monoisotopic (exact) mass is 339 g/mol. The Morgan fingerprint density at radius 1 is 0.750 bits per heavy atom. The lowest BCUT2D eigenvalue weighted by Crippen LogP contribution is -2.32. The number of halogens is 1. The average Bonchev–Trinajstić information content (AvgIpc) is 2.79. The number of imidazole rings is 1. The van der Waals surface area contributed by atoms with Crippen LogP contribution < -0.4 is 4.57 Å². The highest BCUT2D eigenvalue weighted by molar-refractivity contribution is 6.27. The van der Waals surface area contributed by atoms with E-state index in [4.69, 9.17) is 11.6 Å². The third-order valence-electron chi connectivity index (χ3n) is 4.51. The summed E-state index contributed by atoms with van der Waals surface area (Å²) in [6.07, 6.45) is 4.09. The van der Waals surface area contributed by atoms with E-state index in [2.05, 4.69) is 74.9 Å². The molecular formula is C21H24ClN2+. The quantitative estimate of drug-likeness (QED) is 0.563. The molecule has 3 rings (SSSR count). The highest BCUT2D eigenvalue weighted by atomic mass is 35.5. The second-order valence-electron chi connectivity index (χ2n) is 6.80. The Bertz CT molecular complexity index is 814. The minimum Gasteiger partial charge on any atom is -0.185 e. The zero-order chi connectivity index (χ0) is 17.6. The number of hydrogen-bond acceptors (Lipinski definition) is 0. The third kappa shape index (κ3) is 2.76. The van der Waals surface area contributed by atoms with E-state index in [1.165, 1.54) is 33.4 Å². The van der Waals surface area contributed by atoms with Gasteiger partial charge >= 0.3 is 5.28 Å². The fraction of sp³-hybridized carbons (Fsp3) is 0.286. The van der Waals surface area contributed by atoms with Crippen molar-refractivity contribution >= 4 is 11.6 Å². The van der Waals surface area contributed by atoms with Crippen LogP contribution in [-0.4, -0.2) is 4.57 Å². The molecule has 0 radical (unpaired) electrons. The highest BCUT2D eigenvalue weighted by Gasteiger charge is 2.23. The van der Waals surface area contributed by atoms with Crippen LogP contribution in [0.4, 0.5) is 0 Å². The molecule has 0 saturated carbocycles. The first-order valence-corrected chi connectivity index (χ1v) is 8.62. The topological polar surface area (TPSA) is 8.81 Å². The summed E-state index contributed by atoms with van der Waals surface area (Å²) < 4.78 is 4.15. The van der Waals surface area contributed by atoms with E-state index in [0.29, 0.717) is 5.28 Å². The lowest BCUT2D eigenvalue weighted by molar-refractivity contribution is -0.593. The van der Waals surface area contributed by atoms with E-state index in [1.807, 2.05) is 12.4 Å². The van der Waals surface area contributed by atoms with Gasteiger partial charge in [0.25, 0.3) is 0 Å². The zero-order valence-electron chi connectivity index (χ0n) is 15.2. The van der Waals surface area contributed by atoms with Gasteiger partial charge in [-0.3, -0.25) is 0 Å². The molecule has 1 aromatic heterocycles. The van der Waals surface area contributed by atoms with E-state index in [9.17, 15) is 0 Å². The summed E-state index contributed by atoms with van der Waals surface area (Å²) in [5.74, 6) is 0. The number of aryl methyl sites for hydroxylation is 6. The predicted octanol–water partition coefficient (Wildman–Crippen LogP) is 5.26. The molecule has 3 aromatic rings. The standard InChI is InChI=1S/C21H24ClN2/c1-13-9-15(3)19(16(4)10-13)23-7-8-24(21(23)22)20-17(5)11-14(2)12-18(20)6/h7-12H,1-6H3/q+1. The smallest absolute Gasteiger partial charge is 0.185 e. The SMILES string of the molecule is Cc1cc(C)c(-n2cc[n+](-c3c(C)cc(C)cc3C)c2Cl)c(C)c1. The van der Waals surface area contributed by atoms with Crippen LogP contribution in [0.5, 0.6) is 0 Å². The number of aromatic nitrogens is 2. The fourth-order valence-electron chi connectivity index (χ4n) is 3.81. The van der Waals surface area contributed by atoms with Crippen molar-refractivity contribution < 1.29 is 4.57 Å². The van der Waals surface area contributed by atoms with Gasteiger partial charge in [0.15, 0.2) is 0 Å². The van der Waals surface area contributed by atoms with Gasteiger partial charge < -0.3 is 0 Å². The van der Waals surface area contributed by atoms with E-state index in [-0.39, 0.29) is 0 Å². The van der Waals surface area contributed by atoms with Gasteiger partial charge in [-0.2, -0.15) is 9.13 Å². The molecule has 2 nitrogen and oxygen atoms in total. The lowest BCUT2D eigenvalue weighted by atomic mass is 10.0. The fourth-order valence-corrected chi connectivity index (χ4v) is 4.09. The Kier molecular flexibility index (Phi) is 4.27. The molecule has 0 spiro atoms. The summed E-state index contributed by atoms with van der Waals surface area (Å²) in [5.41, 5.74) is 9.79. The van der Waals surface area contributed by atoms with Gasteiger partial charge in [0, 0.05) is 11.6 Å². The van der Waals surface area contributed by atoms with Crippen molar-refractivity contribution in [3.63, 3.8) is 0 Å². The summed E-state index contributed by atoms with van der Waals surface area (Å²) in [7, 11) is 0. The Morgan fingerprint density at radius 2 is 1.21 bits per heavy atom. The molecule has 0 bridgehead atoms. The van der Waals surface area contributed by atoms with E-state index in [0.717, 1.165) is 11.4 Å². The van der Waals surface area contributed by atoms with Crippen LogP contribution in [0.1, 0.15) is 33.4 Å². The molecule has 0 fully saturated rings.